The van der Waals surface area contributed by atoms with Crippen LogP contribution in [-0.4, -0.2) is 37.0 Å². The fraction of sp³-hybridized carbons (Fsp3) is 0.438. The lowest BCUT2D eigenvalue weighted by Gasteiger charge is -2.35. The van der Waals surface area contributed by atoms with Crippen LogP contribution in [0.5, 0.6) is 0 Å². The highest BCUT2D eigenvalue weighted by molar-refractivity contribution is 5.93. The first-order valence-corrected chi connectivity index (χ1v) is 6.84. The van der Waals surface area contributed by atoms with Gasteiger partial charge < -0.3 is 14.5 Å². The highest BCUT2D eigenvalue weighted by atomic mass is 16.7. The number of hydrogen-bond acceptors (Lipinski definition) is 4. The van der Waals surface area contributed by atoms with Gasteiger partial charge in [0.05, 0.1) is 5.71 Å². The molecule has 0 aromatic heterocycles. The van der Waals surface area contributed by atoms with Crippen LogP contribution in [0.25, 0.3) is 0 Å². The first-order chi connectivity index (χ1) is 9.61. The zero-order valence-corrected chi connectivity index (χ0v) is 12.3. The van der Waals surface area contributed by atoms with Crippen molar-refractivity contribution in [1.29, 1.82) is 0 Å². The third-order valence-electron chi connectivity index (χ3n) is 3.13. The van der Waals surface area contributed by atoms with E-state index in [4.69, 9.17) is 9.47 Å². The zero-order valence-electron chi connectivity index (χ0n) is 12.3. The molecule has 0 saturated carbocycles. The summed E-state index contributed by atoms with van der Waals surface area (Å²) in [5.74, 6) is 0. The number of rotatable bonds is 4. The topological polar surface area (TPSA) is 34.1 Å². The minimum atomic E-state index is -0.350. The monoisotopic (exact) mass is 274 g/mol. The zero-order chi connectivity index (χ0) is 14.5. The predicted molar refractivity (Wildman–Crippen MR) is 80.5 cm³/mol. The molecule has 0 amide bonds. The van der Waals surface area contributed by atoms with Gasteiger partial charge in [0.2, 0.25) is 0 Å². The van der Waals surface area contributed by atoms with Gasteiger partial charge in [0.1, 0.15) is 12.2 Å². The lowest BCUT2D eigenvalue weighted by Crippen LogP contribution is -2.43. The van der Waals surface area contributed by atoms with Crippen LogP contribution in [0.3, 0.4) is 0 Å². The molecule has 4 heteroatoms. The minimum Gasteiger partial charge on any atom is -0.339 e. The van der Waals surface area contributed by atoms with Crippen LogP contribution in [0.1, 0.15) is 25.2 Å². The summed E-state index contributed by atoms with van der Waals surface area (Å²) in [6, 6.07) is 9.97. The average Bonchev–Trinajstić information content (AvgIpc) is 2.43. The molecule has 20 heavy (non-hydrogen) atoms. The van der Waals surface area contributed by atoms with E-state index >= 15 is 0 Å². The molecule has 4 nitrogen and oxygen atoms in total. The maximum absolute atomic E-state index is 6.05. The largest absolute Gasteiger partial charge is 0.339 e. The van der Waals surface area contributed by atoms with E-state index in [0.717, 1.165) is 17.7 Å². The lowest BCUT2D eigenvalue weighted by molar-refractivity contribution is -0.193. The van der Waals surface area contributed by atoms with Crippen molar-refractivity contribution in [3.63, 3.8) is 0 Å². The number of ether oxygens (including phenoxy) is 2. The van der Waals surface area contributed by atoms with Crippen LogP contribution in [0.15, 0.2) is 48.1 Å². The fourth-order valence-electron chi connectivity index (χ4n) is 2.24. The summed E-state index contributed by atoms with van der Waals surface area (Å²) in [6.45, 7) is 5.81. The fourth-order valence-corrected chi connectivity index (χ4v) is 2.24. The van der Waals surface area contributed by atoms with Crippen molar-refractivity contribution in [3.8, 4) is 0 Å². The van der Waals surface area contributed by atoms with Crippen LogP contribution in [0, 0.1) is 0 Å². The molecule has 0 radical (unpaired) electrons. The maximum atomic E-state index is 6.05. The summed E-state index contributed by atoms with van der Waals surface area (Å²) in [4.78, 5) is 0. The van der Waals surface area contributed by atoms with Gasteiger partial charge in [0, 0.05) is 19.7 Å². The summed E-state index contributed by atoms with van der Waals surface area (Å²) in [5.41, 5.74) is 1.93. The minimum absolute atomic E-state index is 0.0821. The molecule has 1 aliphatic heterocycles. The first kappa shape index (κ1) is 14.8. The first-order valence-electron chi connectivity index (χ1n) is 6.84. The molecule has 1 fully saturated rings. The van der Waals surface area contributed by atoms with Crippen molar-refractivity contribution in [1.82, 2.24) is 5.01 Å². The molecule has 1 heterocycles. The number of nitrogens with zero attached hydrogens (tertiary/aromatic N) is 2. The number of benzene rings is 1. The Hall–Kier alpha value is -1.65. The summed E-state index contributed by atoms with van der Waals surface area (Å²) >= 11 is 0. The highest BCUT2D eigenvalue weighted by Gasteiger charge is 2.34. The van der Waals surface area contributed by atoms with Gasteiger partial charge in [-0.05, 0) is 13.3 Å². The van der Waals surface area contributed by atoms with Crippen molar-refractivity contribution in [2.75, 3.05) is 14.1 Å². The van der Waals surface area contributed by atoms with Crippen LogP contribution < -0.4 is 0 Å². The van der Waals surface area contributed by atoms with E-state index in [9.17, 15) is 0 Å². The second kappa shape index (κ2) is 6.68. The average molecular weight is 274 g/mol. The van der Waals surface area contributed by atoms with E-state index in [2.05, 4.69) is 11.7 Å². The third kappa shape index (κ3) is 3.46. The molecule has 0 bridgehead atoms. The van der Waals surface area contributed by atoms with Crippen molar-refractivity contribution in [2.45, 2.75) is 31.8 Å². The Morgan fingerprint density at radius 2 is 1.95 bits per heavy atom. The molecular weight excluding hydrogens is 252 g/mol. The SMILES string of the molecule is C=CC[C@@H]1O[C@@H](c2ccccc2)O[C@H](C)/C1=N/N(C)C. The molecule has 1 aromatic rings. The second-order valence-corrected chi connectivity index (χ2v) is 5.04. The van der Waals surface area contributed by atoms with Crippen LogP contribution in [0.2, 0.25) is 0 Å². The molecule has 0 N–H and O–H groups in total. The van der Waals surface area contributed by atoms with Crippen molar-refractivity contribution in [3.05, 3.63) is 48.6 Å². The Labute approximate surface area is 120 Å². The van der Waals surface area contributed by atoms with Crippen molar-refractivity contribution < 1.29 is 9.47 Å². The molecule has 2 rings (SSSR count). The molecule has 108 valence electrons. The molecular formula is C16H22N2O2. The van der Waals surface area contributed by atoms with E-state index in [1.54, 1.807) is 5.01 Å². The second-order valence-electron chi connectivity index (χ2n) is 5.04. The quantitative estimate of drug-likeness (QED) is 0.625. The van der Waals surface area contributed by atoms with Gasteiger partial charge in [-0.2, -0.15) is 5.10 Å². The molecule has 3 atom stereocenters. The van der Waals surface area contributed by atoms with E-state index in [1.165, 1.54) is 0 Å². The third-order valence-corrected chi connectivity index (χ3v) is 3.13. The molecule has 1 aromatic carbocycles. The van der Waals surface area contributed by atoms with E-state index in [-0.39, 0.29) is 18.5 Å². The van der Waals surface area contributed by atoms with Gasteiger partial charge >= 0.3 is 0 Å². The normalized spacial score (nSPS) is 28.4. The van der Waals surface area contributed by atoms with Gasteiger partial charge in [0.15, 0.2) is 6.29 Å². The summed E-state index contributed by atoms with van der Waals surface area (Å²) < 4.78 is 12.0. The molecule has 0 aliphatic carbocycles. The number of hydrogen-bond donors (Lipinski definition) is 0. The van der Waals surface area contributed by atoms with Gasteiger partial charge in [-0.15, -0.1) is 6.58 Å². The molecule has 1 aliphatic rings. The lowest BCUT2D eigenvalue weighted by atomic mass is 10.0. The summed E-state index contributed by atoms with van der Waals surface area (Å²) in [7, 11) is 3.79. The smallest absolute Gasteiger partial charge is 0.185 e. The molecule has 1 saturated heterocycles. The van der Waals surface area contributed by atoms with Gasteiger partial charge in [0.25, 0.3) is 0 Å². The van der Waals surface area contributed by atoms with E-state index in [0.29, 0.717) is 0 Å². The standard InChI is InChI=1S/C16H22N2O2/c1-5-9-14-15(17-18(3)4)12(2)19-16(20-14)13-10-7-6-8-11-13/h5-8,10-12,14,16H,1,9H2,2-4H3/b17-15-/t12-,14+,16+/m1/s1. The Balaban J connectivity index is 2.22. The Bertz CT molecular complexity index is 471. The van der Waals surface area contributed by atoms with Crippen LogP contribution in [0.4, 0.5) is 0 Å². The predicted octanol–water partition coefficient (Wildman–Crippen LogP) is 2.98. The summed E-state index contributed by atoms with van der Waals surface area (Å²) in [5, 5.41) is 6.27. The highest BCUT2D eigenvalue weighted by Crippen LogP contribution is 2.30. The molecule has 0 spiro atoms. The Morgan fingerprint density at radius 1 is 1.25 bits per heavy atom. The van der Waals surface area contributed by atoms with E-state index in [1.807, 2.05) is 57.4 Å². The van der Waals surface area contributed by atoms with Crippen LogP contribution >= 0.6 is 0 Å². The number of hydrazone groups is 1. The molecule has 0 unspecified atom stereocenters. The van der Waals surface area contributed by atoms with Crippen molar-refractivity contribution >= 4 is 5.71 Å². The Morgan fingerprint density at radius 3 is 2.55 bits per heavy atom. The van der Waals surface area contributed by atoms with Gasteiger partial charge in [-0.25, -0.2) is 0 Å². The van der Waals surface area contributed by atoms with Crippen LogP contribution in [-0.2, 0) is 9.47 Å². The van der Waals surface area contributed by atoms with Gasteiger partial charge in [-0.1, -0.05) is 36.4 Å². The summed E-state index contributed by atoms with van der Waals surface area (Å²) in [6.07, 6.45) is 2.06. The maximum Gasteiger partial charge on any atom is 0.185 e. The Kier molecular flexibility index (Phi) is 4.93. The van der Waals surface area contributed by atoms with E-state index < -0.39 is 0 Å². The van der Waals surface area contributed by atoms with Gasteiger partial charge in [-0.3, -0.25) is 0 Å². The van der Waals surface area contributed by atoms with Crippen molar-refractivity contribution in [2.24, 2.45) is 5.10 Å².